The molecule has 1 saturated heterocycles. The number of nitrogens with one attached hydrogen (secondary N) is 3. The zero-order valence-corrected chi connectivity index (χ0v) is 3.52. The van der Waals surface area contributed by atoms with E-state index in [2.05, 4.69) is 22.4 Å². The van der Waals surface area contributed by atoms with E-state index in [1.165, 1.54) is 0 Å². The van der Waals surface area contributed by atoms with Gasteiger partial charge in [0.25, 0.3) is 0 Å². The molecule has 0 bridgehead atoms. The Morgan fingerprint density at radius 3 is 2.71 bits per heavy atom. The van der Waals surface area contributed by atoms with Crippen LogP contribution in [0.3, 0.4) is 0 Å². The summed E-state index contributed by atoms with van der Waals surface area (Å²) in [6.07, 6.45) is 0. The number of hydroxylamine groups is 1. The van der Waals surface area contributed by atoms with Crippen LogP contribution >= 0.6 is 0 Å². The van der Waals surface area contributed by atoms with Crippen molar-refractivity contribution < 1.29 is 10.3 Å². The molecule has 1 fully saturated rings. The second-order valence-electron chi connectivity index (χ2n) is 1.10. The van der Waals surface area contributed by atoms with Gasteiger partial charge in [-0.2, -0.15) is 10.9 Å². The lowest BCUT2D eigenvalue weighted by molar-refractivity contribution is -1.08. The summed E-state index contributed by atoms with van der Waals surface area (Å²) < 4.78 is 0. The van der Waals surface area contributed by atoms with Crippen LogP contribution in [0.5, 0.6) is 0 Å². The number of hydrogen-bond donors (Lipinski definition) is 3. The standard InChI is InChI=1S/C2H5N3O2/c1-2-3-5(6)7-4-2/h3-5H,1H2. The van der Waals surface area contributed by atoms with Crippen molar-refractivity contribution in [3.63, 3.8) is 0 Å². The maximum Gasteiger partial charge on any atom is 0.173 e. The molecule has 1 aliphatic heterocycles. The summed E-state index contributed by atoms with van der Waals surface area (Å²) >= 11 is 0. The van der Waals surface area contributed by atoms with E-state index in [9.17, 15) is 5.21 Å². The van der Waals surface area contributed by atoms with E-state index < -0.39 is 5.34 Å². The molecule has 0 saturated carbocycles. The normalized spacial score (nSPS) is 29.3. The smallest absolute Gasteiger partial charge is 0.173 e. The minimum atomic E-state index is -0.509. The van der Waals surface area contributed by atoms with Crippen LogP contribution in [0.1, 0.15) is 0 Å². The van der Waals surface area contributed by atoms with Gasteiger partial charge in [0.2, 0.25) is 0 Å². The van der Waals surface area contributed by atoms with Gasteiger partial charge in [0.1, 0.15) is 0 Å². The van der Waals surface area contributed by atoms with Gasteiger partial charge in [-0.15, -0.1) is 0 Å². The molecule has 0 aromatic carbocycles. The van der Waals surface area contributed by atoms with Crippen molar-refractivity contribution in [1.29, 1.82) is 0 Å². The molecule has 3 N–H and O–H groups in total. The van der Waals surface area contributed by atoms with E-state index in [4.69, 9.17) is 0 Å². The van der Waals surface area contributed by atoms with Gasteiger partial charge in [0.15, 0.2) is 5.82 Å². The molecule has 5 nitrogen and oxygen atoms in total. The fourth-order valence-electron chi connectivity index (χ4n) is 0.282. The Morgan fingerprint density at radius 2 is 2.57 bits per heavy atom. The molecule has 7 heavy (non-hydrogen) atoms. The minimum absolute atomic E-state index is 0.380. The molecule has 5 heteroatoms. The van der Waals surface area contributed by atoms with Crippen LogP contribution in [0.25, 0.3) is 0 Å². The Morgan fingerprint density at radius 1 is 1.86 bits per heavy atom. The zero-order valence-electron chi connectivity index (χ0n) is 3.52. The van der Waals surface area contributed by atoms with Crippen molar-refractivity contribution in [1.82, 2.24) is 10.9 Å². The number of quaternary nitrogens is 1. The molecular formula is C2H5N3O2. The highest BCUT2D eigenvalue weighted by atomic mass is 17.0. The van der Waals surface area contributed by atoms with Crippen LogP contribution < -0.4 is 16.2 Å². The molecule has 1 atom stereocenters. The zero-order chi connectivity index (χ0) is 5.28. The highest BCUT2D eigenvalue weighted by Gasteiger charge is 2.07. The summed E-state index contributed by atoms with van der Waals surface area (Å²) in [5.41, 5.74) is 4.46. The van der Waals surface area contributed by atoms with E-state index in [1.807, 2.05) is 0 Å². The van der Waals surface area contributed by atoms with E-state index in [0.29, 0.717) is 5.82 Å². The monoisotopic (exact) mass is 103 g/mol. The van der Waals surface area contributed by atoms with Crippen molar-refractivity contribution in [3.05, 3.63) is 17.6 Å². The fraction of sp³-hybridized carbons (Fsp3) is 0. The van der Waals surface area contributed by atoms with Gasteiger partial charge in [-0.1, -0.05) is 16.9 Å². The average Bonchev–Trinajstić information content (AvgIpc) is 1.87. The molecule has 0 aromatic heterocycles. The summed E-state index contributed by atoms with van der Waals surface area (Å²) in [6.45, 7) is 3.34. The minimum Gasteiger partial charge on any atom is -0.572 e. The third-order valence-electron chi connectivity index (χ3n) is 0.520. The molecule has 40 valence electrons. The molecule has 0 spiro atoms. The van der Waals surface area contributed by atoms with Crippen molar-refractivity contribution in [2.75, 3.05) is 0 Å². The highest BCUT2D eigenvalue weighted by molar-refractivity contribution is 4.79. The van der Waals surface area contributed by atoms with Gasteiger partial charge < -0.3 is 5.21 Å². The molecule has 0 radical (unpaired) electrons. The van der Waals surface area contributed by atoms with E-state index >= 15 is 0 Å². The van der Waals surface area contributed by atoms with Crippen LogP contribution in [-0.4, -0.2) is 0 Å². The second-order valence-corrected chi connectivity index (χ2v) is 1.10. The predicted octanol–water partition coefficient (Wildman–Crippen LogP) is -2.21. The summed E-state index contributed by atoms with van der Waals surface area (Å²) in [5, 5.41) is 9.49. The molecule has 1 unspecified atom stereocenters. The summed E-state index contributed by atoms with van der Waals surface area (Å²) in [5.74, 6) is 0.380. The predicted molar refractivity (Wildman–Crippen MR) is 20.8 cm³/mol. The Balaban J connectivity index is 2.40. The van der Waals surface area contributed by atoms with Gasteiger partial charge in [-0.05, 0) is 0 Å². The van der Waals surface area contributed by atoms with Crippen LogP contribution in [0.15, 0.2) is 12.4 Å². The quantitative estimate of drug-likeness (QED) is 0.304. The lowest BCUT2D eigenvalue weighted by Crippen LogP contribution is -3.10. The van der Waals surface area contributed by atoms with Crippen LogP contribution in [0, 0.1) is 5.21 Å². The first-order valence-corrected chi connectivity index (χ1v) is 1.72. The van der Waals surface area contributed by atoms with Gasteiger partial charge in [0, 0.05) is 0 Å². The Labute approximate surface area is 40.0 Å². The maximum absolute atomic E-state index is 10.00. The van der Waals surface area contributed by atoms with Gasteiger partial charge in [-0.3, -0.25) is 0 Å². The largest absolute Gasteiger partial charge is 0.572 e. The van der Waals surface area contributed by atoms with E-state index in [0.717, 1.165) is 0 Å². The van der Waals surface area contributed by atoms with Gasteiger partial charge in [-0.25, -0.2) is 0 Å². The SMILES string of the molecule is C=C1NO[NH+]([O-])N1. The summed E-state index contributed by atoms with van der Waals surface area (Å²) in [6, 6.07) is 0. The van der Waals surface area contributed by atoms with Gasteiger partial charge in [0.05, 0.1) is 0 Å². The third-order valence-corrected chi connectivity index (χ3v) is 0.520. The van der Waals surface area contributed by atoms with Crippen LogP contribution in [0.2, 0.25) is 0 Å². The van der Waals surface area contributed by atoms with Crippen LogP contribution in [0.4, 0.5) is 0 Å². The van der Waals surface area contributed by atoms with Crippen LogP contribution in [-0.2, 0) is 4.94 Å². The molecule has 1 heterocycles. The topological polar surface area (TPSA) is 60.8 Å². The maximum atomic E-state index is 10.00. The Hall–Kier alpha value is -0.780. The average molecular weight is 103 g/mol. The first-order chi connectivity index (χ1) is 3.29. The van der Waals surface area contributed by atoms with E-state index in [-0.39, 0.29) is 0 Å². The Kier molecular flexibility index (Phi) is 0.861. The number of rotatable bonds is 0. The molecule has 0 aromatic rings. The number of hydrogen-bond acceptors (Lipinski definition) is 4. The highest BCUT2D eigenvalue weighted by Crippen LogP contribution is 1.71. The Bertz CT molecular complexity index is 92.9. The lowest BCUT2D eigenvalue weighted by Gasteiger charge is -2.04. The second kappa shape index (κ2) is 1.38. The molecule has 0 aliphatic carbocycles. The third kappa shape index (κ3) is 0.801. The van der Waals surface area contributed by atoms with Crippen molar-refractivity contribution >= 4 is 0 Å². The molecule has 1 rings (SSSR count). The first kappa shape index (κ1) is 4.38. The van der Waals surface area contributed by atoms with E-state index in [1.54, 1.807) is 0 Å². The summed E-state index contributed by atoms with van der Waals surface area (Å²) in [4.78, 5) is 4.17. The van der Waals surface area contributed by atoms with Crippen molar-refractivity contribution in [2.45, 2.75) is 0 Å². The summed E-state index contributed by atoms with van der Waals surface area (Å²) in [7, 11) is 0. The van der Waals surface area contributed by atoms with Crippen molar-refractivity contribution in [2.24, 2.45) is 0 Å². The lowest BCUT2D eigenvalue weighted by atomic mass is 10.9. The fourth-order valence-corrected chi connectivity index (χ4v) is 0.282. The van der Waals surface area contributed by atoms with Gasteiger partial charge >= 0.3 is 0 Å². The molecule has 1 aliphatic rings. The molecular weight excluding hydrogens is 98.0 g/mol. The first-order valence-electron chi connectivity index (χ1n) is 1.72. The molecule has 0 amide bonds. The van der Waals surface area contributed by atoms with Crippen molar-refractivity contribution in [3.8, 4) is 0 Å².